The number of carbonyl (C=O) groups excluding carboxylic acids is 1. The molecule has 17 heavy (non-hydrogen) atoms. The first kappa shape index (κ1) is 12.7. The van der Waals surface area contributed by atoms with E-state index in [-0.39, 0.29) is 11.2 Å². The summed E-state index contributed by atoms with van der Waals surface area (Å²) >= 11 is 12.2. The maximum absolute atomic E-state index is 11.7. The number of carbonyl (C=O) groups is 1. The molecule has 0 unspecified atom stereocenters. The third-order valence-electron chi connectivity index (χ3n) is 2.95. The highest BCUT2D eigenvalue weighted by molar-refractivity contribution is 6.43. The third-order valence-corrected chi connectivity index (χ3v) is 3.77. The van der Waals surface area contributed by atoms with Crippen molar-refractivity contribution in [3.63, 3.8) is 0 Å². The average Bonchev–Trinajstić information content (AvgIpc) is 2.19. The quantitative estimate of drug-likeness (QED) is 0.718. The monoisotopic (exact) mass is 268 g/mol. The first-order valence-electron chi connectivity index (χ1n) is 5.57. The molecule has 0 amide bonds. The number of rotatable bonds is 1. The predicted octanol–water partition coefficient (Wildman–Crippen LogP) is 4.77. The van der Waals surface area contributed by atoms with E-state index >= 15 is 0 Å². The Hall–Kier alpha value is -0.790. The van der Waals surface area contributed by atoms with Gasteiger partial charge in [0.25, 0.3) is 0 Å². The van der Waals surface area contributed by atoms with Crippen LogP contribution in [-0.2, 0) is 4.79 Å². The van der Waals surface area contributed by atoms with Gasteiger partial charge in [0, 0.05) is 6.42 Å². The van der Waals surface area contributed by atoms with Gasteiger partial charge in [-0.2, -0.15) is 0 Å². The van der Waals surface area contributed by atoms with Crippen LogP contribution in [0.1, 0.15) is 32.3 Å². The van der Waals surface area contributed by atoms with Crippen molar-refractivity contribution >= 4 is 34.6 Å². The molecule has 1 nitrogen and oxygen atoms in total. The van der Waals surface area contributed by atoms with Gasteiger partial charge in [0.15, 0.2) is 5.78 Å². The number of ketones is 1. The number of benzene rings is 1. The van der Waals surface area contributed by atoms with Crippen molar-refractivity contribution in [2.24, 2.45) is 5.41 Å². The second-order valence-corrected chi connectivity index (χ2v) is 6.04. The Morgan fingerprint density at radius 1 is 1.18 bits per heavy atom. The fourth-order valence-electron chi connectivity index (χ4n) is 2.27. The van der Waals surface area contributed by atoms with Crippen molar-refractivity contribution in [3.8, 4) is 0 Å². The van der Waals surface area contributed by atoms with Gasteiger partial charge in [-0.05, 0) is 35.1 Å². The van der Waals surface area contributed by atoms with Crippen LogP contribution < -0.4 is 0 Å². The van der Waals surface area contributed by atoms with Gasteiger partial charge in [0.2, 0.25) is 0 Å². The molecule has 0 bridgehead atoms. The van der Waals surface area contributed by atoms with E-state index in [1.54, 1.807) is 12.1 Å². The van der Waals surface area contributed by atoms with E-state index in [0.29, 0.717) is 16.5 Å². The lowest BCUT2D eigenvalue weighted by molar-refractivity contribution is -0.116. The zero-order chi connectivity index (χ0) is 12.6. The molecule has 0 spiro atoms. The number of hydrogen-bond acceptors (Lipinski definition) is 1. The van der Waals surface area contributed by atoms with Gasteiger partial charge in [-0.3, -0.25) is 4.79 Å². The predicted molar refractivity (Wildman–Crippen MR) is 72.5 cm³/mol. The SMILES string of the molecule is CC1(C)CC(=O)C=C(c2cccc(Cl)c2Cl)C1. The Morgan fingerprint density at radius 2 is 1.88 bits per heavy atom. The van der Waals surface area contributed by atoms with Crippen molar-refractivity contribution in [2.45, 2.75) is 26.7 Å². The molecule has 0 fully saturated rings. The number of allylic oxidation sites excluding steroid dienone is 2. The Labute approximate surface area is 111 Å². The maximum atomic E-state index is 11.7. The van der Waals surface area contributed by atoms with Gasteiger partial charge in [0.05, 0.1) is 10.0 Å². The summed E-state index contributed by atoms with van der Waals surface area (Å²) in [5.41, 5.74) is 1.85. The molecule has 1 aliphatic rings. The van der Waals surface area contributed by atoms with E-state index < -0.39 is 0 Å². The topological polar surface area (TPSA) is 17.1 Å². The molecule has 0 heterocycles. The molecule has 0 aromatic heterocycles. The summed E-state index contributed by atoms with van der Waals surface area (Å²) in [5.74, 6) is 0.160. The van der Waals surface area contributed by atoms with Gasteiger partial charge >= 0.3 is 0 Å². The van der Waals surface area contributed by atoms with Gasteiger partial charge in [-0.1, -0.05) is 49.2 Å². The van der Waals surface area contributed by atoms with Crippen molar-refractivity contribution in [1.29, 1.82) is 0 Å². The highest BCUT2D eigenvalue weighted by Crippen LogP contribution is 2.41. The summed E-state index contributed by atoms with van der Waals surface area (Å²) in [6.45, 7) is 4.19. The van der Waals surface area contributed by atoms with Crippen molar-refractivity contribution in [3.05, 3.63) is 39.9 Å². The highest BCUT2D eigenvalue weighted by atomic mass is 35.5. The van der Waals surface area contributed by atoms with E-state index in [2.05, 4.69) is 13.8 Å². The molecule has 1 aliphatic carbocycles. The molecule has 0 radical (unpaired) electrons. The molecule has 2 rings (SSSR count). The van der Waals surface area contributed by atoms with Gasteiger partial charge in [0.1, 0.15) is 0 Å². The number of hydrogen-bond donors (Lipinski definition) is 0. The first-order valence-corrected chi connectivity index (χ1v) is 6.32. The van der Waals surface area contributed by atoms with E-state index in [1.807, 2.05) is 12.1 Å². The lowest BCUT2D eigenvalue weighted by atomic mass is 9.75. The Balaban J connectivity index is 2.47. The molecule has 0 N–H and O–H groups in total. The maximum Gasteiger partial charge on any atom is 0.156 e. The zero-order valence-electron chi connectivity index (χ0n) is 9.89. The molecule has 1 aromatic rings. The van der Waals surface area contributed by atoms with Crippen LogP contribution in [0, 0.1) is 5.41 Å². The van der Waals surface area contributed by atoms with Gasteiger partial charge in [-0.25, -0.2) is 0 Å². The van der Waals surface area contributed by atoms with Crippen LogP contribution in [0.2, 0.25) is 10.0 Å². The lowest BCUT2D eigenvalue weighted by Gasteiger charge is -2.29. The van der Waals surface area contributed by atoms with Crippen LogP contribution in [0.3, 0.4) is 0 Å². The zero-order valence-corrected chi connectivity index (χ0v) is 11.4. The summed E-state index contributed by atoms with van der Waals surface area (Å²) in [7, 11) is 0. The Kier molecular flexibility index (Phi) is 3.33. The summed E-state index contributed by atoms with van der Waals surface area (Å²) in [6.07, 6.45) is 3.14. The second-order valence-electron chi connectivity index (χ2n) is 5.26. The standard InChI is InChI=1S/C14H14Cl2O/c1-14(2)7-9(6-10(17)8-14)11-4-3-5-12(15)13(11)16/h3-6H,7-8H2,1-2H3. The van der Waals surface area contributed by atoms with Crippen LogP contribution in [0.5, 0.6) is 0 Å². The Bertz CT molecular complexity index is 501. The summed E-state index contributed by atoms with van der Waals surface area (Å²) in [5, 5.41) is 1.06. The van der Waals surface area contributed by atoms with Crippen molar-refractivity contribution in [1.82, 2.24) is 0 Å². The van der Waals surface area contributed by atoms with E-state index in [4.69, 9.17) is 23.2 Å². The Morgan fingerprint density at radius 3 is 2.53 bits per heavy atom. The summed E-state index contributed by atoms with van der Waals surface area (Å²) < 4.78 is 0. The molecule has 0 saturated carbocycles. The van der Waals surface area contributed by atoms with Crippen LogP contribution >= 0.6 is 23.2 Å². The van der Waals surface area contributed by atoms with Crippen molar-refractivity contribution in [2.75, 3.05) is 0 Å². The largest absolute Gasteiger partial charge is 0.295 e. The van der Waals surface area contributed by atoms with Crippen LogP contribution in [0.25, 0.3) is 5.57 Å². The summed E-state index contributed by atoms with van der Waals surface area (Å²) in [6, 6.07) is 5.52. The number of halogens is 2. The smallest absolute Gasteiger partial charge is 0.156 e. The molecule has 90 valence electrons. The lowest BCUT2D eigenvalue weighted by Crippen LogP contribution is -2.21. The molecular formula is C14H14Cl2O. The minimum atomic E-state index is -0.00713. The van der Waals surface area contributed by atoms with E-state index in [0.717, 1.165) is 17.6 Å². The molecule has 3 heteroatoms. The normalized spacial score (nSPS) is 19.1. The van der Waals surface area contributed by atoms with Crippen LogP contribution in [0.4, 0.5) is 0 Å². The molecule has 0 atom stereocenters. The molecular weight excluding hydrogens is 255 g/mol. The summed E-state index contributed by atoms with van der Waals surface area (Å²) in [4.78, 5) is 11.7. The minimum Gasteiger partial charge on any atom is -0.295 e. The van der Waals surface area contributed by atoms with E-state index in [1.165, 1.54) is 0 Å². The van der Waals surface area contributed by atoms with Crippen LogP contribution in [-0.4, -0.2) is 5.78 Å². The average molecular weight is 269 g/mol. The molecule has 0 aliphatic heterocycles. The first-order chi connectivity index (χ1) is 7.89. The van der Waals surface area contributed by atoms with Crippen LogP contribution in [0.15, 0.2) is 24.3 Å². The second kappa shape index (κ2) is 4.47. The molecule has 1 aromatic carbocycles. The van der Waals surface area contributed by atoms with Gasteiger partial charge < -0.3 is 0 Å². The van der Waals surface area contributed by atoms with Crippen molar-refractivity contribution < 1.29 is 4.79 Å². The van der Waals surface area contributed by atoms with Gasteiger partial charge in [-0.15, -0.1) is 0 Å². The van der Waals surface area contributed by atoms with E-state index in [9.17, 15) is 4.79 Å². The molecule has 0 saturated heterocycles. The minimum absolute atomic E-state index is 0.00713. The third kappa shape index (κ3) is 2.72. The highest BCUT2D eigenvalue weighted by Gasteiger charge is 2.28. The fourth-order valence-corrected chi connectivity index (χ4v) is 2.69. The fraction of sp³-hybridized carbons (Fsp3) is 0.357.